The van der Waals surface area contributed by atoms with Crippen molar-refractivity contribution in [3.8, 4) is 5.69 Å². The van der Waals surface area contributed by atoms with Crippen molar-refractivity contribution in [3.05, 3.63) is 41.4 Å². The zero-order valence-corrected chi connectivity index (χ0v) is 12.7. The molecule has 2 heterocycles. The van der Waals surface area contributed by atoms with Crippen LogP contribution in [0.5, 0.6) is 0 Å². The SMILES string of the molecule is CS(=O)(=O)C(Cc1cn(-c2cccnc2)nc1Cl)C(N)=O. The maximum absolute atomic E-state index is 11.6. The molecule has 1 atom stereocenters. The molecule has 0 aliphatic carbocycles. The van der Waals surface area contributed by atoms with Crippen molar-refractivity contribution >= 4 is 27.3 Å². The van der Waals surface area contributed by atoms with E-state index in [4.69, 9.17) is 17.3 Å². The Morgan fingerprint density at radius 2 is 2.24 bits per heavy atom. The first-order chi connectivity index (χ1) is 9.79. The summed E-state index contributed by atoms with van der Waals surface area (Å²) < 4.78 is 24.6. The molecule has 0 aliphatic heterocycles. The van der Waals surface area contributed by atoms with E-state index in [1.807, 2.05) is 0 Å². The molecule has 21 heavy (non-hydrogen) atoms. The highest BCUT2D eigenvalue weighted by atomic mass is 35.5. The highest BCUT2D eigenvalue weighted by molar-refractivity contribution is 7.92. The lowest BCUT2D eigenvalue weighted by Crippen LogP contribution is -2.37. The number of rotatable bonds is 5. The van der Waals surface area contributed by atoms with Crippen LogP contribution in [0.1, 0.15) is 5.56 Å². The number of carbonyl (C=O) groups is 1. The zero-order valence-electron chi connectivity index (χ0n) is 11.1. The van der Waals surface area contributed by atoms with Crippen LogP contribution in [0.2, 0.25) is 5.15 Å². The first-order valence-electron chi connectivity index (χ1n) is 5.91. The average Bonchev–Trinajstić information content (AvgIpc) is 2.77. The van der Waals surface area contributed by atoms with Crippen LogP contribution in [0.4, 0.5) is 0 Å². The molecule has 2 aromatic rings. The molecule has 112 valence electrons. The number of carbonyl (C=O) groups excluding carboxylic acids is 1. The normalized spacial score (nSPS) is 13.0. The van der Waals surface area contributed by atoms with Gasteiger partial charge in [-0.1, -0.05) is 11.6 Å². The largest absolute Gasteiger partial charge is 0.369 e. The van der Waals surface area contributed by atoms with Crippen LogP contribution in [0, 0.1) is 0 Å². The molecule has 0 radical (unpaired) electrons. The smallest absolute Gasteiger partial charge is 0.236 e. The van der Waals surface area contributed by atoms with Crippen LogP contribution >= 0.6 is 11.6 Å². The Labute approximate surface area is 126 Å². The number of hydrogen-bond donors (Lipinski definition) is 1. The van der Waals surface area contributed by atoms with E-state index in [0.29, 0.717) is 11.3 Å². The summed E-state index contributed by atoms with van der Waals surface area (Å²) in [7, 11) is -3.62. The molecule has 2 N–H and O–H groups in total. The van der Waals surface area contributed by atoms with Gasteiger partial charge in [0.2, 0.25) is 5.91 Å². The number of halogens is 1. The van der Waals surface area contributed by atoms with Gasteiger partial charge in [0.25, 0.3) is 0 Å². The van der Waals surface area contributed by atoms with Gasteiger partial charge in [-0.2, -0.15) is 5.10 Å². The second-order valence-corrected chi connectivity index (χ2v) is 7.11. The summed E-state index contributed by atoms with van der Waals surface area (Å²) in [5.74, 6) is -0.914. The lowest BCUT2D eigenvalue weighted by Gasteiger charge is -2.09. The number of nitrogens with two attached hydrogens (primary N) is 1. The minimum atomic E-state index is -3.62. The molecule has 0 saturated carbocycles. The van der Waals surface area contributed by atoms with Crippen molar-refractivity contribution in [2.45, 2.75) is 11.7 Å². The van der Waals surface area contributed by atoms with Gasteiger partial charge in [-0.15, -0.1) is 0 Å². The van der Waals surface area contributed by atoms with E-state index in [-0.39, 0.29) is 11.6 Å². The van der Waals surface area contributed by atoms with Crippen molar-refractivity contribution in [1.82, 2.24) is 14.8 Å². The number of nitrogens with zero attached hydrogens (tertiary/aromatic N) is 3. The first-order valence-corrected chi connectivity index (χ1v) is 8.25. The van der Waals surface area contributed by atoms with Gasteiger partial charge >= 0.3 is 0 Å². The van der Waals surface area contributed by atoms with E-state index < -0.39 is 21.0 Å². The fraction of sp³-hybridized carbons (Fsp3) is 0.250. The molecule has 9 heteroatoms. The molecule has 0 bridgehead atoms. The summed E-state index contributed by atoms with van der Waals surface area (Å²) in [5, 5.41) is 2.86. The standard InChI is InChI=1S/C12H13ClN4O3S/c1-21(19,20)10(12(14)18)5-8-7-17(16-11(8)13)9-3-2-4-15-6-9/h2-4,6-7,10H,5H2,1H3,(H2,14,18). The minimum absolute atomic E-state index is 0.118. The molecule has 0 spiro atoms. The summed E-state index contributed by atoms with van der Waals surface area (Å²) in [6.07, 6.45) is 5.59. The Morgan fingerprint density at radius 1 is 1.52 bits per heavy atom. The summed E-state index contributed by atoms with van der Waals surface area (Å²) in [6.45, 7) is 0. The summed E-state index contributed by atoms with van der Waals surface area (Å²) in [6, 6.07) is 3.50. The van der Waals surface area contributed by atoms with E-state index in [9.17, 15) is 13.2 Å². The van der Waals surface area contributed by atoms with E-state index in [1.165, 1.54) is 4.68 Å². The number of aromatic nitrogens is 3. The molecule has 2 rings (SSSR count). The number of amides is 1. The van der Waals surface area contributed by atoms with Crippen molar-refractivity contribution in [3.63, 3.8) is 0 Å². The van der Waals surface area contributed by atoms with Crippen LogP contribution in [0.25, 0.3) is 5.69 Å². The maximum atomic E-state index is 11.6. The quantitative estimate of drug-likeness (QED) is 0.852. The average molecular weight is 329 g/mol. The van der Waals surface area contributed by atoms with Gasteiger partial charge < -0.3 is 5.73 Å². The van der Waals surface area contributed by atoms with Crippen LogP contribution in [0.15, 0.2) is 30.7 Å². The Morgan fingerprint density at radius 3 is 2.76 bits per heavy atom. The molecule has 0 aromatic carbocycles. The van der Waals surface area contributed by atoms with Crippen molar-refractivity contribution < 1.29 is 13.2 Å². The molecular weight excluding hydrogens is 316 g/mol. The predicted octanol–water partition coefficient (Wildman–Crippen LogP) is 0.362. The van der Waals surface area contributed by atoms with Crippen LogP contribution in [-0.4, -0.2) is 40.6 Å². The van der Waals surface area contributed by atoms with Gasteiger partial charge in [-0.25, -0.2) is 13.1 Å². The second kappa shape index (κ2) is 5.82. The Hall–Kier alpha value is -1.93. The highest BCUT2D eigenvalue weighted by Crippen LogP contribution is 2.20. The zero-order chi connectivity index (χ0) is 15.6. The van der Waals surface area contributed by atoms with Crippen LogP contribution in [0.3, 0.4) is 0 Å². The maximum Gasteiger partial charge on any atom is 0.236 e. The van der Waals surface area contributed by atoms with Crippen molar-refractivity contribution in [2.75, 3.05) is 6.26 Å². The van der Waals surface area contributed by atoms with Crippen molar-refractivity contribution in [1.29, 1.82) is 0 Å². The molecule has 0 fully saturated rings. The van der Waals surface area contributed by atoms with Gasteiger partial charge in [0.05, 0.1) is 11.9 Å². The third kappa shape index (κ3) is 3.59. The van der Waals surface area contributed by atoms with Gasteiger partial charge in [0.15, 0.2) is 15.0 Å². The lowest BCUT2D eigenvalue weighted by molar-refractivity contribution is -0.117. The third-order valence-electron chi connectivity index (χ3n) is 2.89. The lowest BCUT2D eigenvalue weighted by atomic mass is 10.2. The Kier molecular flexibility index (Phi) is 4.29. The van der Waals surface area contributed by atoms with Crippen LogP contribution in [-0.2, 0) is 21.1 Å². The van der Waals surface area contributed by atoms with E-state index in [1.54, 1.807) is 30.7 Å². The molecule has 0 aliphatic rings. The van der Waals surface area contributed by atoms with E-state index >= 15 is 0 Å². The monoisotopic (exact) mass is 328 g/mol. The fourth-order valence-electron chi connectivity index (χ4n) is 1.81. The second-order valence-electron chi connectivity index (χ2n) is 4.53. The van der Waals surface area contributed by atoms with Gasteiger partial charge in [-0.05, 0) is 12.1 Å². The van der Waals surface area contributed by atoms with Crippen molar-refractivity contribution in [2.24, 2.45) is 5.73 Å². The first kappa shape index (κ1) is 15.5. The number of primary amides is 1. The Bertz CT molecular complexity index is 758. The minimum Gasteiger partial charge on any atom is -0.369 e. The van der Waals surface area contributed by atoms with Gasteiger partial charge in [0.1, 0.15) is 5.25 Å². The predicted molar refractivity (Wildman–Crippen MR) is 77.9 cm³/mol. The van der Waals surface area contributed by atoms with E-state index in [2.05, 4.69) is 10.1 Å². The molecular formula is C12H13ClN4O3S. The van der Waals surface area contributed by atoms with Crippen LogP contribution < -0.4 is 5.73 Å². The molecule has 2 aromatic heterocycles. The van der Waals surface area contributed by atoms with E-state index in [0.717, 1.165) is 6.26 Å². The highest BCUT2D eigenvalue weighted by Gasteiger charge is 2.28. The molecule has 0 saturated heterocycles. The third-order valence-corrected chi connectivity index (χ3v) is 4.64. The summed E-state index contributed by atoms with van der Waals surface area (Å²) in [5.41, 5.74) is 6.23. The summed E-state index contributed by atoms with van der Waals surface area (Å²) in [4.78, 5) is 15.3. The van der Waals surface area contributed by atoms with Gasteiger partial charge in [0, 0.05) is 30.6 Å². The topological polar surface area (TPSA) is 108 Å². The van der Waals surface area contributed by atoms with Gasteiger partial charge in [-0.3, -0.25) is 9.78 Å². The summed E-state index contributed by atoms with van der Waals surface area (Å²) >= 11 is 5.99. The number of hydrogen-bond acceptors (Lipinski definition) is 5. The Balaban J connectivity index is 2.34. The number of sulfone groups is 1. The molecule has 1 unspecified atom stereocenters. The number of pyridine rings is 1. The molecule has 1 amide bonds. The fourth-order valence-corrected chi connectivity index (χ4v) is 2.92. The molecule has 7 nitrogen and oxygen atoms in total.